The summed E-state index contributed by atoms with van der Waals surface area (Å²) >= 11 is 1.46. The number of hydrogen-bond acceptors (Lipinski definition) is 3. The van der Waals surface area contributed by atoms with E-state index in [0.717, 1.165) is 16.5 Å². The quantitative estimate of drug-likeness (QED) is 0.593. The van der Waals surface area contributed by atoms with Gasteiger partial charge in [0.1, 0.15) is 5.78 Å². The largest absolute Gasteiger partial charge is 0.299 e. The summed E-state index contributed by atoms with van der Waals surface area (Å²) < 4.78 is 1.10. The first-order chi connectivity index (χ1) is 8.20. The Hall–Kier alpha value is -1.48. The molecule has 0 unspecified atom stereocenters. The summed E-state index contributed by atoms with van der Waals surface area (Å²) in [6.45, 7) is 1.95. The van der Waals surface area contributed by atoms with Gasteiger partial charge in [-0.1, -0.05) is 25.1 Å². The fraction of sp³-hybridized carbons (Fsp3) is 0.286. The van der Waals surface area contributed by atoms with E-state index in [1.165, 1.54) is 11.3 Å². The first-order valence-corrected chi connectivity index (χ1v) is 6.56. The summed E-state index contributed by atoms with van der Waals surface area (Å²) in [5, 5.41) is 1.07. The number of carbonyl (C=O) groups excluding carboxylic acids is 2. The summed E-state index contributed by atoms with van der Waals surface area (Å²) in [6.07, 6.45) is 1.34. The van der Waals surface area contributed by atoms with Crippen LogP contribution in [0, 0.1) is 0 Å². The maximum atomic E-state index is 11.9. The number of ketones is 2. The van der Waals surface area contributed by atoms with Gasteiger partial charge in [0.15, 0.2) is 5.78 Å². The molecular formula is C14H14O2S. The molecule has 0 aliphatic carbocycles. The monoisotopic (exact) mass is 246 g/mol. The highest BCUT2D eigenvalue weighted by Gasteiger charge is 2.13. The van der Waals surface area contributed by atoms with Crippen LogP contribution in [0.25, 0.3) is 10.1 Å². The molecular weight excluding hydrogens is 232 g/mol. The number of carbonyl (C=O) groups is 2. The van der Waals surface area contributed by atoms with Gasteiger partial charge in [-0.2, -0.15) is 0 Å². The topological polar surface area (TPSA) is 34.1 Å². The highest BCUT2D eigenvalue weighted by atomic mass is 32.1. The van der Waals surface area contributed by atoms with Gasteiger partial charge in [0, 0.05) is 11.1 Å². The van der Waals surface area contributed by atoms with E-state index in [9.17, 15) is 9.59 Å². The molecule has 88 valence electrons. The van der Waals surface area contributed by atoms with Crippen LogP contribution in [-0.4, -0.2) is 11.6 Å². The van der Waals surface area contributed by atoms with E-state index < -0.39 is 0 Å². The van der Waals surface area contributed by atoms with Gasteiger partial charge in [-0.05, 0) is 23.9 Å². The molecule has 0 radical (unpaired) electrons. The smallest absolute Gasteiger partial charge is 0.180 e. The number of hydrogen-bond donors (Lipinski definition) is 0. The molecule has 0 spiro atoms. The lowest BCUT2D eigenvalue weighted by molar-refractivity contribution is -0.118. The van der Waals surface area contributed by atoms with Crippen molar-refractivity contribution in [2.24, 2.45) is 0 Å². The summed E-state index contributed by atoms with van der Waals surface area (Å²) in [7, 11) is 0. The van der Waals surface area contributed by atoms with Crippen molar-refractivity contribution in [3.05, 3.63) is 35.2 Å². The minimum Gasteiger partial charge on any atom is -0.299 e. The molecule has 2 nitrogen and oxygen atoms in total. The third-order valence-electron chi connectivity index (χ3n) is 2.59. The fourth-order valence-electron chi connectivity index (χ4n) is 1.75. The highest BCUT2D eigenvalue weighted by molar-refractivity contribution is 7.20. The summed E-state index contributed by atoms with van der Waals surface area (Å²) in [5.74, 6) is -0.0143. The second-order valence-corrected chi connectivity index (χ2v) is 5.12. The number of Topliss-reactive ketones (excluding diaryl/α,β-unsaturated/α-hetero) is 2. The molecule has 0 atom stereocenters. The van der Waals surface area contributed by atoms with Crippen LogP contribution in [-0.2, 0) is 4.79 Å². The minimum atomic E-state index is -0.0513. The van der Waals surface area contributed by atoms with Crippen molar-refractivity contribution in [3.8, 4) is 0 Å². The number of fused-ring (bicyclic) bond motifs is 1. The molecule has 17 heavy (non-hydrogen) atoms. The summed E-state index contributed by atoms with van der Waals surface area (Å²) in [5.41, 5.74) is 0. The Labute approximate surface area is 104 Å². The number of thiophene rings is 1. The molecule has 0 fully saturated rings. The Balaban J connectivity index is 2.16. The zero-order valence-electron chi connectivity index (χ0n) is 9.73. The Morgan fingerprint density at radius 2 is 2.00 bits per heavy atom. The molecule has 3 heteroatoms. The molecule has 2 aromatic rings. The predicted molar refractivity (Wildman–Crippen MR) is 70.7 cm³/mol. The van der Waals surface area contributed by atoms with Gasteiger partial charge < -0.3 is 0 Å². The van der Waals surface area contributed by atoms with Crippen molar-refractivity contribution in [3.63, 3.8) is 0 Å². The van der Waals surface area contributed by atoms with Gasteiger partial charge in [-0.25, -0.2) is 0 Å². The van der Waals surface area contributed by atoms with Crippen molar-refractivity contribution in [1.29, 1.82) is 0 Å². The number of rotatable bonds is 5. The molecule has 1 aromatic heterocycles. The second-order valence-electron chi connectivity index (χ2n) is 4.04. The average molecular weight is 246 g/mol. The van der Waals surface area contributed by atoms with Crippen LogP contribution in [0.15, 0.2) is 30.3 Å². The molecule has 0 N–H and O–H groups in total. The third-order valence-corrected chi connectivity index (χ3v) is 3.74. The molecule has 0 saturated carbocycles. The lowest BCUT2D eigenvalue weighted by atomic mass is 10.1. The molecule has 1 heterocycles. The SMILES string of the molecule is CCCC(=O)CC(=O)c1cc2ccccc2s1. The van der Waals surface area contributed by atoms with Crippen molar-refractivity contribution in [2.45, 2.75) is 26.2 Å². The van der Waals surface area contributed by atoms with Gasteiger partial charge in [-0.15, -0.1) is 11.3 Å². The van der Waals surface area contributed by atoms with Gasteiger partial charge in [-0.3, -0.25) is 9.59 Å². The molecule has 2 rings (SSSR count). The van der Waals surface area contributed by atoms with E-state index in [1.54, 1.807) is 0 Å². The van der Waals surface area contributed by atoms with Crippen LogP contribution in [0.4, 0.5) is 0 Å². The first kappa shape index (κ1) is 12.0. The summed E-state index contributed by atoms with van der Waals surface area (Å²) in [6, 6.07) is 9.75. The van der Waals surface area contributed by atoms with Crippen LogP contribution < -0.4 is 0 Å². The van der Waals surface area contributed by atoms with Crippen LogP contribution in [0.1, 0.15) is 35.9 Å². The molecule has 1 aromatic carbocycles. The first-order valence-electron chi connectivity index (χ1n) is 5.74. The lowest BCUT2D eigenvalue weighted by Crippen LogP contribution is -2.06. The third kappa shape index (κ3) is 2.80. The Bertz CT molecular complexity index is 521. The number of benzene rings is 1. The highest BCUT2D eigenvalue weighted by Crippen LogP contribution is 2.26. The van der Waals surface area contributed by atoms with Crippen molar-refractivity contribution in [1.82, 2.24) is 0 Å². The van der Waals surface area contributed by atoms with E-state index >= 15 is 0 Å². The van der Waals surface area contributed by atoms with E-state index in [4.69, 9.17) is 0 Å². The second kappa shape index (κ2) is 5.23. The summed E-state index contributed by atoms with van der Waals surface area (Å²) in [4.78, 5) is 24.0. The maximum Gasteiger partial charge on any atom is 0.180 e. The molecule has 0 bridgehead atoms. The van der Waals surface area contributed by atoms with Crippen LogP contribution in [0.3, 0.4) is 0 Å². The van der Waals surface area contributed by atoms with Gasteiger partial charge in [0.25, 0.3) is 0 Å². The van der Waals surface area contributed by atoms with E-state index in [0.29, 0.717) is 11.3 Å². The Kier molecular flexibility index (Phi) is 3.69. The molecule has 0 amide bonds. The van der Waals surface area contributed by atoms with E-state index in [2.05, 4.69) is 0 Å². The normalized spacial score (nSPS) is 10.6. The average Bonchev–Trinajstić information content (AvgIpc) is 2.72. The Morgan fingerprint density at radius 3 is 2.71 bits per heavy atom. The van der Waals surface area contributed by atoms with E-state index in [-0.39, 0.29) is 18.0 Å². The van der Waals surface area contributed by atoms with Crippen molar-refractivity contribution in [2.75, 3.05) is 0 Å². The minimum absolute atomic E-state index is 0.0370. The molecule has 0 aliphatic rings. The van der Waals surface area contributed by atoms with Gasteiger partial charge >= 0.3 is 0 Å². The maximum absolute atomic E-state index is 11.9. The van der Waals surface area contributed by atoms with Crippen LogP contribution in [0.5, 0.6) is 0 Å². The predicted octanol–water partition coefficient (Wildman–Crippen LogP) is 3.84. The fourth-order valence-corrected chi connectivity index (χ4v) is 2.75. The molecule has 0 saturated heterocycles. The zero-order valence-corrected chi connectivity index (χ0v) is 10.5. The van der Waals surface area contributed by atoms with Crippen LogP contribution in [0.2, 0.25) is 0 Å². The van der Waals surface area contributed by atoms with Gasteiger partial charge in [0.2, 0.25) is 0 Å². The van der Waals surface area contributed by atoms with Gasteiger partial charge in [0.05, 0.1) is 11.3 Å². The van der Waals surface area contributed by atoms with Crippen molar-refractivity contribution >= 4 is 33.0 Å². The lowest BCUT2D eigenvalue weighted by Gasteiger charge is -1.95. The standard InChI is InChI=1S/C14H14O2S/c1-2-5-11(15)9-12(16)14-8-10-6-3-4-7-13(10)17-14/h3-4,6-8H,2,5,9H2,1H3. The Morgan fingerprint density at radius 1 is 1.24 bits per heavy atom. The van der Waals surface area contributed by atoms with Crippen LogP contribution >= 0.6 is 11.3 Å². The zero-order chi connectivity index (χ0) is 12.3. The molecule has 0 aliphatic heterocycles. The van der Waals surface area contributed by atoms with Crippen molar-refractivity contribution < 1.29 is 9.59 Å². The van der Waals surface area contributed by atoms with E-state index in [1.807, 2.05) is 37.3 Å².